The first kappa shape index (κ1) is 20.2. The quantitative estimate of drug-likeness (QED) is 0.442. The van der Waals surface area contributed by atoms with Gasteiger partial charge in [0.2, 0.25) is 5.88 Å². The van der Waals surface area contributed by atoms with Gasteiger partial charge < -0.3 is 4.74 Å². The van der Waals surface area contributed by atoms with Crippen LogP contribution in [-0.2, 0) is 10.0 Å². The SMILES string of the molecule is CC(=O)c1cccc(S(=O)(=O)Nc2ccc(Oc3cc(-n4ccnc4)ncn3)cc2)c1. The van der Waals surface area contributed by atoms with Crippen LogP contribution >= 0.6 is 0 Å². The van der Waals surface area contributed by atoms with E-state index in [1.807, 2.05) is 0 Å². The molecule has 2 aromatic heterocycles. The molecule has 0 fully saturated rings. The lowest BCUT2D eigenvalue weighted by atomic mass is 10.2. The van der Waals surface area contributed by atoms with E-state index in [9.17, 15) is 13.2 Å². The van der Waals surface area contributed by atoms with Crippen LogP contribution in [0.25, 0.3) is 5.82 Å². The van der Waals surface area contributed by atoms with E-state index in [-0.39, 0.29) is 10.7 Å². The lowest BCUT2D eigenvalue weighted by Gasteiger charge is -2.10. The van der Waals surface area contributed by atoms with Crippen molar-refractivity contribution in [2.75, 3.05) is 4.72 Å². The van der Waals surface area contributed by atoms with Crippen molar-refractivity contribution in [3.8, 4) is 17.4 Å². The number of carbonyl (C=O) groups excluding carboxylic acids is 1. The summed E-state index contributed by atoms with van der Waals surface area (Å²) in [5.74, 6) is 1.18. The highest BCUT2D eigenvalue weighted by Crippen LogP contribution is 2.24. The normalized spacial score (nSPS) is 11.1. The number of Topliss-reactive ketones (excluding diaryl/α,β-unsaturated/α-hetero) is 1. The fourth-order valence-corrected chi connectivity index (χ4v) is 3.83. The Bertz CT molecular complexity index is 1320. The van der Waals surface area contributed by atoms with Gasteiger partial charge in [-0.2, -0.15) is 0 Å². The summed E-state index contributed by atoms with van der Waals surface area (Å²) in [5, 5.41) is 0. The van der Waals surface area contributed by atoms with Crippen molar-refractivity contribution in [3.63, 3.8) is 0 Å². The average molecular weight is 435 g/mol. The van der Waals surface area contributed by atoms with E-state index in [4.69, 9.17) is 4.74 Å². The number of hydrogen-bond acceptors (Lipinski definition) is 7. The summed E-state index contributed by atoms with van der Waals surface area (Å²) in [4.78, 5) is 23.7. The van der Waals surface area contributed by atoms with Crippen LogP contribution in [0.4, 0.5) is 5.69 Å². The number of imidazole rings is 1. The Balaban J connectivity index is 1.48. The standard InChI is InChI=1S/C21H17N5O4S/c1-15(27)16-3-2-4-19(11-16)31(28,29)25-17-5-7-18(8-6-17)30-21-12-20(23-13-24-21)26-10-9-22-14-26/h2-14,25H,1H3. The molecule has 0 spiro atoms. The summed E-state index contributed by atoms with van der Waals surface area (Å²) in [7, 11) is -3.84. The molecule has 0 bridgehead atoms. The minimum absolute atomic E-state index is 0.00791. The first-order chi connectivity index (χ1) is 14.9. The predicted molar refractivity (Wildman–Crippen MR) is 113 cm³/mol. The molecule has 156 valence electrons. The summed E-state index contributed by atoms with van der Waals surface area (Å²) < 4.78 is 35.2. The van der Waals surface area contributed by atoms with E-state index < -0.39 is 10.0 Å². The van der Waals surface area contributed by atoms with Gasteiger partial charge in [0.05, 0.1) is 4.90 Å². The van der Waals surface area contributed by atoms with Gasteiger partial charge in [-0.3, -0.25) is 14.1 Å². The Morgan fingerprint density at radius 3 is 2.58 bits per heavy atom. The maximum absolute atomic E-state index is 12.6. The summed E-state index contributed by atoms with van der Waals surface area (Å²) in [6.07, 6.45) is 6.37. The highest BCUT2D eigenvalue weighted by Gasteiger charge is 2.15. The molecule has 0 aliphatic rings. The summed E-state index contributed by atoms with van der Waals surface area (Å²) >= 11 is 0. The van der Waals surface area contributed by atoms with Crippen LogP contribution in [0.2, 0.25) is 0 Å². The largest absolute Gasteiger partial charge is 0.439 e. The smallest absolute Gasteiger partial charge is 0.261 e. The Kier molecular flexibility index (Phi) is 5.46. The van der Waals surface area contributed by atoms with E-state index in [1.54, 1.807) is 59.7 Å². The summed E-state index contributed by atoms with van der Waals surface area (Å²) in [6, 6.07) is 13.9. The molecule has 2 heterocycles. The van der Waals surface area contributed by atoms with Crippen LogP contribution < -0.4 is 9.46 Å². The molecule has 2 aromatic carbocycles. The zero-order chi connectivity index (χ0) is 21.8. The Labute approximate surface area is 178 Å². The molecule has 0 saturated carbocycles. The average Bonchev–Trinajstić information content (AvgIpc) is 3.30. The van der Waals surface area contributed by atoms with Gasteiger partial charge in [0.25, 0.3) is 10.0 Å². The van der Waals surface area contributed by atoms with Crippen molar-refractivity contribution in [2.45, 2.75) is 11.8 Å². The van der Waals surface area contributed by atoms with Gasteiger partial charge in [-0.15, -0.1) is 0 Å². The van der Waals surface area contributed by atoms with Crippen molar-refractivity contribution in [3.05, 3.63) is 85.2 Å². The number of aromatic nitrogens is 4. The zero-order valence-electron chi connectivity index (χ0n) is 16.3. The first-order valence-corrected chi connectivity index (χ1v) is 10.6. The van der Waals surface area contributed by atoms with Gasteiger partial charge in [-0.25, -0.2) is 23.4 Å². The van der Waals surface area contributed by atoms with Gasteiger partial charge in [0.1, 0.15) is 24.2 Å². The molecular formula is C21H17N5O4S. The lowest BCUT2D eigenvalue weighted by molar-refractivity contribution is 0.101. The number of anilines is 1. The van der Waals surface area contributed by atoms with Crippen molar-refractivity contribution >= 4 is 21.5 Å². The summed E-state index contributed by atoms with van der Waals surface area (Å²) in [6.45, 7) is 1.38. The number of sulfonamides is 1. The minimum Gasteiger partial charge on any atom is -0.439 e. The first-order valence-electron chi connectivity index (χ1n) is 9.13. The molecule has 0 unspecified atom stereocenters. The van der Waals surface area contributed by atoms with Gasteiger partial charge in [-0.1, -0.05) is 12.1 Å². The number of benzene rings is 2. The second kappa shape index (κ2) is 8.36. The number of ketones is 1. The van der Waals surface area contributed by atoms with Crippen LogP contribution in [0.1, 0.15) is 17.3 Å². The van der Waals surface area contributed by atoms with Crippen LogP contribution in [0.5, 0.6) is 11.6 Å². The zero-order valence-corrected chi connectivity index (χ0v) is 17.2. The number of hydrogen-bond donors (Lipinski definition) is 1. The Hall–Kier alpha value is -4.05. The van der Waals surface area contributed by atoms with E-state index >= 15 is 0 Å². The molecule has 31 heavy (non-hydrogen) atoms. The van der Waals surface area contributed by atoms with Gasteiger partial charge in [0.15, 0.2) is 5.78 Å². The maximum atomic E-state index is 12.6. The third-order valence-electron chi connectivity index (χ3n) is 4.28. The Morgan fingerprint density at radius 2 is 1.87 bits per heavy atom. The van der Waals surface area contributed by atoms with Crippen LogP contribution in [0, 0.1) is 0 Å². The third kappa shape index (κ3) is 4.75. The van der Waals surface area contributed by atoms with Gasteiger partial charge in [-0.05, 0) is 43.3 Å². The second-order valence-electron chi connectivity index (χ2n) is 6.50. The molecule has 9 nitrogen and oxygen atoms in total. The highest BCUT2D eigenvalue weighted by molar-refractivity contribution is 7.92. The fraction of sp³-hybridized carbons (Fsp3) is 0.0476. The minimum atomic E-state index is -3.84. The summed E-state index contributed by atoms with van der Waals surface area (Å²) in [5.41, 5.74) is 0.675. The molecule has 4 aromatic rings. The van der Waals surface area contributed by atoms with Gasteiger partial charge >= 0.3 is 0 Å². The predicted octanol–water partition coefficient (Wildman–Crippen LogP) is 3.46. The van der Waals surface area contributed by atoms with Crippen molar-refractivity contribution < 1.29 is 17.9 Å². The highest BCUT2D eigenvalue weighted by atomic mass is 32.2. The van der Waals surface area contributed by atoms with Gasteiger partial charge in [0, 0.05) is 29.7 Å². The molecule has 4 rings (SSSR count). The maximum Gasteiger partial charge on any atom is 0.261 e. The van der Waals surface area contributed by atoms with Crippen molar-refractivity contribution in [1.29, 1.82) is 0 Å². The molecule has 0 aliphatic heterocycles. The second-order valence-corrected chi connectivity index (χ2v) is 8.18. The number of nitrogens with one attached hydrogen (secondary N) is 1. The molecule has 0 radical (unpaired) electrons. The molecule has 10 heteroatoms. The number of carbonyl (C=O) groups is 1. The van der Waals surface area contributed by atoms with E-state index in [0.29, 0.717) is 28.7 Å². The topological polar surface area (TPSA) is 116 Å². The molecule has 0 atom stereocenters. The van der Waals surface area contributed by atoms with Crippen LogP contribution in [0.3, 0.4) is 0 Å². The van der Waals surface area contributed by atoms with E-state index in [2.05, 4.69) is 19.7 Å². The van der Waals surface area contributed by atoms with E-state index in [0.717, 1.165) is 0 Å². The van der Waals surface area contributed by atoms with E-state index in [1.165, 1.54) is 31.5 Å². The molecule has 0 amide bonds. The lowest BCUT2D eigenvalue weighted by Crippen LogP contribution is -2.13. The van der Waals surface area contributed by atoms with Crippen LogP contribution in [0.15, 0.2) is 84.5 Å². The third-order valence-corrected chi connectivity index (χ3v) is 5.66. The number of rotatable bonds is 7. The fourth-order valence-electron chi connectivity index (χ4n) is 2.73. The van der Waals surface area contributed by atoms with Crippen molar-refractivity contribution in [2.24, 2.45) is 0 Å². The van der Waals surface area contributed by atoms with Crippen molar-refractivity contribution in [1.82, 2.24) is 19.5 Å². The number of ether oxygens (including phenoxy) is 1. The molecule has 0 saturated heterocycles. The molecule has 1 N–H and O–H groups in total. The van der Waals surface area contributed by atoms with Crippen LogP contribution in [-0.4, -0.2) is 33.7 Å². The molecule has 0 aliphatic carbocycles. The monoisotopic (exact) mass is 435 g/mol. The Morgan fingerprint density at radius 1 is 1.06 bits per heavy atom. The number of nitrogens with zero attached hydrogens (tertiary/aromatic N) is 4. The molecular weight excluding hydrogens is 418 g/mol.